The van der Waals surface area contributed by atoms with Gasteiger partial charge in [0.25, 0.3) is 0 Å². The Kier molecular flexibility index (Phi) is 3.36. The van der Waals surface area contributed by atoms with E-state index in [1.54, 1.807) is 0 Å². The molecule has 1 nitrogen and oxygen atoms in total. The highest BCUT2D eigenvalue weighted by Crippen LogP contribution is 2.18. The molecule has 0 unspecified atom stereocenters. The minimum absolute atomic E-state index is 0.0748. The predicted octanol–water partition coefficient (Wildman–Crippen LogP) is 3.90. The monoisotopic (exact) mass is 252 g/mol. The van der Waals surface area contributed by atoms with Crippen molar-refractivity contribution in [3.8, 4) is 11.5 Å². The number of benzene rings is 2. The Morgan fingerprint density at radius 1 is 1.00 bits per heavy atom. The fourth-order valence-electron chi connectivity index (χ4n) is 1.74. The van der Waals surface area contributed by atoms with Gasteiger partial charge in [-0.15, -0.1) is 5.54 Å². The molecule has 0 aliphatic rings. The Labute approximate surface area is 109 Å². The van der Waals surface area contributed by atoms with Crippen LogP contribution < -0.4 is 0 Å². The standard InChI is InChI=1S/C16H16OSi/c1-18(2,3)12-11-16(17)15-10-6-8-13-7-4-5-9-14(13)15/h4-10H,1-3H3. The van der Waals surface area contributed by atoms with Gasteiger partial charge in [-0.05, 0) is 22.8 Å². The van der Waals surface area contributed by atoms with Crippen LogP contribution in [0.1, 0.15) is 10.4 Å². The summed E-state index contributed by atoms with van der Waals surface area (Å²) in [6.07, 6.45) is 0. The molecular weight excluding hydrogens is 236 g/mol. The van der Waals surface area contributed by atoms with Gasteiger partial charge in [0.15, 0.2) is 0 Å². The molecule has 90 valence electrons. The minimum Gasteiger partial charge on any atom is -0.279 e. The van der Waals surface area contributed by atoms with Crippen LogP contribution in [-0.2, 0) is 0 Å². The summed E-state index contributed by atoms with van der Waals surface area (Å²) in [5, 5.41) is 2.06. The number of carbonyl (C=O) groups excluding carboxylic acids is 1. The Bertz CT molecular complexity index is 649. The molecule has 0 aliphatic carbocycles. The first-order valence-electron chi connectivity index (χ1n) is 6.03. The summed E-state index contributed by atoms with van der Waals surface area (Å²) in [4.78, 5) is 12.2. The van der Waals surface area contributed by atoms with E-state index in [2.05, 4.69) is 31.1 Å². The van der Waals surface area contributed by atoms with Crippen LogP contribution in [0.5, 0.6) is 0 Å². The number of fused-ring (bicyclic) bond motifs is 1. The first-order chi connectivity index (χ1) is 8.47. The lowest BCUT2D eigenvalue weighted by Crippen LogP contribution is -2.17. The van der Waals surface area contributed by atoms with Crippen molar-refractivity contribution < 1.29 is 4.79 Å². The maximum absolute atomic E-state index is 12.2. The van der Waals surface area contributed by atoms with Gasteiger partial charge >= 0.3 is 0 Å². The van der Waals surface area contributed by atoms with Gasteiger partial charge in [-0.3, -0.25) is 4.79 Å². The lowest BCUT2D eigenvalue weighted by Gasteiger charge is -2.04. The van der Waals surface area contributed by atoms with Crippen molar-refractivity contribution in [2.75, 3.05) is 0 Å². The van der Waals surface area contributed by atoms with Crippen LogP contribution in [-0.4, -0.2) is 13.9 Å². The number of hydrogen-bond acceptors (Lipinski definition) is 1. The average molecular weight is 252 g/mol. The van der Waals surface area contributed by atoms with Gasteiger partial charge in [0.05, 0.1) is 0 Å². The summed E-state index contributed by atoms with van der Waals surface area (Å²) in [6.45, 7) is 6.41. The van der Waals surface area contributed by atoms with Gasteiger partial charge < -0.3 is 0 Å². The summed E-state index contributed by atoms with van der Waals surface area (Å²) in [7, 11) is -1.50. The molecule has 2 aromatic carbocycles. The summed E-state index contributed by atoms with van der Waals surface area (Å²) in [5.41, 5.74) is 3.83. The van der Waals surface area contributed by atoms with Gasteiger partial charge in [-0.1, -0.05) is 56.0 Å². The van der Waals surface area contributed by atoms with E-state index in [0.29, 0.717) is 5.56 Å². The molecule has 0 radical (unpaired) electrons. The van der Waals surface area contributed by atoms with Crippen LogP contribution in [0.15, 0.2) is 42.5 Å². The van der Waals surface area contributed by atoms with Crippen molar-refractivity contribution in [2.24, 2.45) is 0 Å². The number of ketones is 1. The zero-order chi connectivity index (χ0) is 13.2. The van der Waals surface area contributed by atoms with Crippen LogP contribution in [0, 0.1) is 11.5 Å². The molecule has 0 bridgehead atoms. The molecule has 0 atom stereocenters. The van der Waals surface area contributed by atoms with E-state index < -0.39 is 8.07 Å². The minimum atomic E-state index is -1.50. The summed E-state index contributed by atoms with van der Waals surface area (Å²) in [5.74, 6) is 2.73. The van der Waals surface area contributed by atoms with E-state index in [4.69, 9.17) is 0 Å². The van der Waals surface area contributed by atoms with Gasteiger partial charge in [-0.2, -0.15) is 0 Å². The largest absolute Gasteiger partial charge is 0.279 e. The molecule has 0 spiro atoms. The third-order valence-corrected chi connectivity index (χ3v) is 3.46. The second-order valence-corrected chi connectivity index (χ2v) is 10.1. The predicted molar refractivity (Wildman–Crippen MR) is 79.4 cm³/mol. The number of carbonyl (C=O) groups is 1. The molecule has 18 heavy (non-hydrogen) atoms. The second-order valence-electron chi connectivity index (χ2n) is 5.36. The lowest BCUT2D eigenvalue weighted by molar-refractivity contribution is 0.105. The van der Waals surface area contributed by atoms with Crippen LogP contribution >= 0.6 is 0 Å². The zero-order valence-corrected chi connectivity index (χ0v) is 11.9. The molecule has 0 amide bonds. The van der Waals surface area contributed by atoms with E-state index in [0.717, 1.165) is 10.8 Å². The van der Waals surface area contributed by atoms with E-state index in [1.165, 1.54) is 0 Å². The molecule has 0 fully saturated rings. The highest BCUT2D eigenvalue weighted by atomic mass is 28.3. The fraction of sp³-hybridized carbons (Fsp3) is 0.188. The van der Waals surface area contributed by atoms with Crippen LogP contribution in [0.2, 0.25) is 19.6 Å². The van der Waals surface area contributed by atoms with E-state index >= 15 is 0 Å². The second kappa shape index (κ2) is 4.79. The highest BCUT2D eigenvalue weighted by molar-refractivity contribution is 6.84. The fourth-order valence-corrected chi connectivity index (χ4v) is 2.22. The molecule has 0 heterocycles. The zero-order valence-electron chi connectivity index (χ0n) is 10.9. The van der Waals surface area contributed by atoms with Crippen LogP contribution in [0.4, 0.5) is 0 Å². The molecule has 0 aliphatic heterocycles. The van der Waals surface area contributed by atoms with E-state index in [9.17, 15) is 4.79 Å². The van der Waals surface area contributed by atoms with Crippen LogP contribution in [0.25, 0.3) is 10.8 Å². The third kappa shape index (κ3) is 2.88. The van der Waals surface area contributed by atoms with Crippen molar-refractivity contribution >= 4 is 24.6 Å². The van der Waals surface area contributed by atoms with Crippen LogP contribution in [0.3, 0.4) is 0 Å². The Morgan fingerprint density at radius 3 is 2.39 bits per heavy atom. The average Bonchev–Trinajstić information content (AvgIpc) is 2.34. The molecule has 2 rings (SSSR count). The van der Waals surface area contributed by atoms with Gasteiger partial charge in [0.1, 0.15) is 8.07 Å². The molecule has 2 heteroatoms. The summed E-state index contributed by atoms with van der Waals surface area (Å²) < 4.78 is 0. The highest BCUT2D eigenvalue weighted by Gasteiger charge is 2.10. The Hall–Kier alpha value is -1.85. The Balaban J connectivity index is 2.48. The normalized spacial score (nSPS) is 10.8. The third-order valence-electron chi connectivity index (χ3n) is 2.59. The lowest BCUT2D eigenvalue weighted by atomic mass is 10.0. The van der Waals surface area contributed by atoms with Crippen molar-refractivity contribution in [1.29, 1.82) is 0 Å². The van der Waals surface area contributed by atoms with E-state index in [-0.39, 0.29) is 5.78 Å². The van der Waals surface area contributed by atoms with Gasteiger partial charge in [-0.25, -0.2) is 0 Å². The Morgan fingerprint density at radius 2 is 1.67 bits per heavy atom. The van der Waals surface area contributed by atoms with Crippen molar-refractivity contribution in [3.05, 3.63) is 48.0 Å². The SMILES string of the molecule is C[Si](C)(C)C#CC(=O)c1cccc2ccccc12. The molecule has 0 aromatic heterocycles. The quantitative estimate of drug-likeness (QED) is 0.427. The number of Topliss-reactive ketones (excluding diaryl/α,β-unsaturated/α-hetero) is 1. The molecule has 0 saturated carbocycles. The topological polar surface area (TPSA) is 17.1 Å². The van der Waals surface area contributed by atoms with Gasteiger partial charge in [0, 0.05) is 5.56 Å². The first-order valence-corrected chi connectivity index (χ1v) is 9.53. The van der Waals surface area contributed by atoms with Crippen molar-refractivity contribution in [1.82, 2.24) is 0 Å². The molecule has 2 aromatic rings. The number of rotatable bonds is 1. The maximum Gasteiger partial charge on any atom is 0.235 e. The van der Waals surface area contributed by atoms with Crippen molar-refractivity contribution in [2.45, 2.75) is 19.6 Å². The molecule has 0 saturated heterocycles. The van der Waals surface area contributed by atoms with E-state index in [1.807, 2.05) is 42.5 Å². The number of hydrogen-bond donors (Lipinski definition) is 0. The maximum atomic E-state index is 12.2. The summed E-state index contributed by atoms with van der Waals surface area (Å²) in [6, 6.07) is 13.7. The molecule has 0 N–H and O–H groups in total. The summed E-state index contributed by atoms with van der Waals surface area (Å²) >= 11 is 0. The van der Waals surface area contributed by atoms with Gasteiger partial charge in [0.2, 0.25) is 5.78 Å². The smallest absolute Gasteiger partial charge is 0.235 e. The molecular formula is C16H16OSi. The van der Waals surface area contributed by atoms with Crippen molar-refractivity contribution in [3.63, 3.8) is 0 Å². The first kappa shape index (κ1) is 12.6.